The van der Waals surface area contributed by atoms with Crippen molar-refractivity contribution in [2.75, 3.05) is 0 Å². The van der Waals surface area contributed by atoms with Crippen LogP contribution in [0.15, 0.2) is 42.5 Å². The van der Waals surface area contributed by atoms with Gasteiger partial charge in [-0.05, 0) is 21.8 Å². The minimum absolute atomic E-state index is 0.171. The van der Waals surface area contributed by atoms with Crippen molar-refractivity contribution in [3.63, 3.8) is 0 Å². The number of carbonyl (C=O) groups excluding carboxylic acids is 1. The van der Waals surface area contributed by atoms with Gasteiger partial charge >= 0.3 is 5.97 Å². The summed E-state index contributed by atoms with van der Waals surface area (Å²) in [5, 5.41) is 14.2. The summed E-state index contributed by atoms with van der Waals surface area (Å²) in [4.78, 5) is 23.5. The molecule has 1 atom stereocenters. The topological polar surface area (TPSA) is 66.4 Å². The monoisotopic (exact) mass is 313 g/mol. The van der Waals surface area contributed by atoms with Crippen molar-refractivity contribution in [3.05, 3.63) is 48.0 Å². The van der Waals surface area contributed by atoms with Crippen molar-refractivity contribution in [1.29, 1.82) is 0 Å². The Hall–Kier alpha value is -2.36. The fraction of sp³-hybridized carbons (Fsp3) is 0.368. The maximum Gasteiger partial charge on any atom is 0.326 e. The summed E-state index contributed by atoms with van der Waals surface area (Å²) in [5.74, 6) is -1.24. The van der Waals surface area contributed by atoms with Gasteiger partial charge in [0.05, 0.1) is 0 Å². The number of hydrogen-bond donors (Lipinski definition) is 2. The van der Waals surface area contributed by atoms with Crippen LogP contribution in [-0.2, 0) is 16.0 Å². The molecule has 0 spiro atoms. The van der Waals surface area contributed by atoms with Crippen LogP contribution >= 0.6 is 0 Å². The number of hydrogen-bond acceptors (Lipinski definition) is 2. The zero-order valence-corrected chi connectivity index (χ0v) is 13.8. The number of carboxylic acids is 1. The third-order valence-electron chi connectivity index (χ3n) is 3.58. The van der Waals surface area contributed by atoms with Crippen LogP contribution in [0, 0.1) is 5.41 Å². The van der Waals surface area contributed by atoms with Gasteiger partial charge in [-0.1, -0.05) is 63.2 Å². The SMILES string of the molecule is CC(C)(C)CC(=O)NC(Cc1ccc2ccccc2c1)C(=O)O. The summed E-state index contributed by atoms with van der Waals surface area (Å²) in [6, 6.07) is 12.9. The van der Waals surface area contributed by atoms with E-state index in [0.29, 0.717) is 6.42 Å². The highest BCUT2D eigenvalue weighted by Crippen LogP contribution is 2.19. The summed E-state index contributed by atoms with van der Waals surface area (Å²) < 4.78 is 0. The van der Waals surface area contributed by atoms with E-state index in [1.807, 2.05) is 63.2 Å². The molecule has 1 unspecified atom stereocenters. The minimum atomic E-state index is -1.01. The maximum absolute atomic E-state index is 12.0. The van der Waals surface area contributed by atoms with E-state index in [0.717, 1.165) is 16.3 Å². The van der Waals surface area contributed by atoms with Crippen LogP contribution in [0.1, 0.15) is 32.8 Å². The standard InChI is InChI=1S/C19H23NO3/c1-19(2,3)12-17(21)20-16(18(22)23)11-13-8-9-14-6-4-5-7-15(14)10-13/h4-10,16H,11-12H2,1-3H3,(H,20,21)(H,22,23). The lowest BCUT2D eigenvalue weighted by Crippen LogP contribution is -2.43. The Morgan fingerprint density at radius 2 is 1.74 bits per heavy atom. The van der Waals surface area contributed by atoms with E-state index in [1.165, 1.54) is 0 Å². The predicted molar refractivity (Wildman–Crippen MR) is 91.3 cm³/mol. The van der Waals surface area contributed by atoms with Crippen LogP contribution in [0.4, 0.5) is 0 Å². The van der Waals surface area contributed by atoms with Gasteiger partial charge in [-0.25, -0.2) is 4.79 Å². The number of nitrogens with one attached hydrogen (secondary N) is 1. The Bertz CT molecular complexity index is 716. The van der Waals surface area contributed by atoms with Crippen molar-refractivity contribution in [2.45, 2.75) is 39.7 Å². The summed E-state index contributed by atoms with van der Waals surface area (Å²) in [5.41, 5.74) is 0.725. The predicted octanol–water partition coefficient (Wildman–Crippen LogP) is 3.39. The number of rotatable bonds is 5. The largest absolute Gasteiger partial charge is 0.480 e. The van der Waals surface area contributed by atoms with Gasteiger partial charge in [0, 0.05) is 12.8 Å². The van der Waals surface area contributed by atoms with Crippen molar-refractivity contribution in [1.82, 2.24) is 5.32 Å². The Kier molecular flexibility index (Phi) is 5.04. The van der Waals surface area contributed by atoms with Crippen LogP contribution < -0.4 is 5.32 Å². The third kappa shape index (κ3) is 5.09. The Morgan fingerprint density at radius 3 is 2.35 bits per heavy atom. The Morgan fingerprint density at radius 1 is 1.09 bits per heavy atom. The van der Waals surface area contributed by atoms with Crippen LogP contribution in [0.3, 0.4) is 0 Å². The van der Waals surface area contributed by atoms with Crippen LogP contribution in [0.25, 0.3) is 10.8 Å². The second-order valence-corrected chi connectivity index (χ2v) is 7.08. The van der Waals surface area contributed by atoms with Crippen molar-refractivity contribution >= 4 is 22.6 Å². The molecule has 0 aliphatic rings. The number of fused-ring (bicyclic) bond motifs is 1. The molecule has 0 aromatic heterocycles. The summed E-state index contributed by atoms with van der Waals surface area (Å²) >= 11 is 0. The van der Waals surface area contributed by atoms with E-state index < -0.39 is 12.0 Å². The lowest BCUT2D eigenvalue weighted by Gasteiger charge is -2.20. The first kappa shape index (κ1) is 17.0. The molecule has 2 rings (SSSR count). The zero-order valence-electron chi connectivity index (χ0n) is 13.8. The molecule has 2 aromatic rings. The maximum atomic E-state index is 12.0. The molecule has 0 heterocycles. The number of amides is 1. The first-order valence-electron chi connectivity index (χ1n) is 7.74. The van der Waals surface area contributed by atoms with Gasteiger partial charge in [-0.3, -0.25) is 4.79 Å². The molecule has 2 N–H and O–H groups in total. The fourth-order valence-electron chi connectivity index (χ4n) is 2.53. The molecule has 0 aliphatic carbocycles. The lowest BCUT2D eigenvalue weighted by molar-refractivity contribution is -0.142. The molecule has 122 valence electrons. The first-order valence-corrected chi connectivity index (χ1v) is 7.74. The molecule has 0 radical (unpaired) electrons. The number of carbonyl (C=O) groups is 2. The Balaban J connectivity index is 2.11. The molecular formula is C19H23NO3. The number of benzene rings is 2. The fourth-order valence-corrected chi connectivity index (χ4v) is 2.53. The molecular weight excluding hydrogens is 290 g/mol. The van der Waals surface area contributed by atoms with E-state index >= 15 is 0 Å². The van der Waals surface area contributed by atoms with Gasteiger partial charge in [-0.15, -0.1) is 0 Å². The van der Waals surface area contributed by atoms with Gasteiger partial charge in [0.1, 0.15) is 6.04 Å². The average molecular weight is 313 g/mol. The van der Waals surface area contributed by atoms with Gasteiger partial charge in [0.2, 0.25) is 5.91 Å². The molecule has 4 nitrogen and oxygen atoms in total. The minimum Gasteiger partial charge on any atom is -0.480 e. The molecule has 1 amide bonds. The van der Waals surface area contributed by atoms with Gasteiger partial charge < -0.3 is 10.4 Å². The molecule has 23 heavy (non-hydrogen) atoms. The summed E-state index contributed by atoms with van der Waals surface area (Å²) in [6.07, 6.45) is 0.574. The summed E-state index contributed by atoms with van der Waals surface area (Å²) in [7, 11) is 0. The van der Waals surface area contributed by atoms with Crippen LogP contribution in [0.5, 0.6) is 0 Å². The quantitative estimate of drug-likeness (QED) is 0.889. The third-order valence-corrected chi connectivity index (χ3v) is 3.58. The number of carboxylic acid groups (broad SMARTS) is 1. The van der Waals surface area contributed by atoms with Gasteiger partial charge in [0.25, 0.3) is 0 Å². The van der Waals surface area contributed by atoms with E-state index in [1.54, 1.807) is 0 Å². The van der Waals surface area contributed by atoms with Crippen molar-refractivity contribution in [3.8, 4) is 0 Å². The molecule has 2 aromatic carbocycles. The van der Waals surface area contributed by atoms with Crippen molar-refractivity contribution < 1.29 is 14.7 Å². The molecule has 4 heteroatoms. The normalized spacial score (nSPS) is 12.8. The van der Waals surface area contributed by atoms with Crippen LogP contribution in [0.2, 0.25) is 0 Å². The highest BCUT2D eigenvalue weighted by molar-refractivity contribution is 5.85. The average Bonchev–Trinajstić information content (AvgIpc) is 2.44. The Labute approximate surface area is 136 Å². The molecule has 0 saturated heterocycles. The zero-order chi connectivity index (χ0) is 17.0. The lowest BCUT2D eigenvalue weighted by atomic mass is 9.91. The van der Waals surface area contributed by atoms with Gasteiger partial charge in [-0.2, -0.15) is 0 Å². The number of aliphatic carboxylic acids is 1. The molecule has 0 aliphatic heterocycles. The molecule has 0 fully saturated rings. The van der Waals surface area contributed by atoms with E-state index in [4.69, 9.17) is 0 Å². The second-order valence-electron chi connectivity index (χ2n) is 7.08. The van der Waals surface area contributed by atoms with Gasteiger partial charge in [0.15, 0.2) is 0 Å². The van der Waals surface area contributed by atoms with E-state index in [2.05, 4.69) is 5.32 Å². The van der Waals surface area contributed by atoms with Crippen LogP contribution in [-0.4, -0.2) is 23.0 Å². The smallest absolute Gasteiger partial charge is 0.326 e. The highest BCUT2D eigenvalue weighted by Gasteiger charge is 2.23. The summed E-state index contributed by atoms with van der Waals surface area (Å²) in [6.45, 7) is 5.85. The molecule has 0 bridgehead atoms. The van der Waals surface area contributed by atoms with Crippen molar-refractivity contribution in [2.24, 2.45) is 5.41 Å². The second kappa shape index (κ2) is 6.82. The van der Waals surface area contributed by atoms with E-state index in [-0.39, 0.29) is 17.7 Å². The molecule has 0 saturated carbocycles. The highest BCUT2D eigenvalue weighted by atomic mass is 16.4. The van der Waals surface area contributed by atoms with E-state index in [9.17, 15) is 14.7 Å². The first-order chi connectivity index (χ1) is 10.7.